The van der Waals surface area contributed by atoms with Gasteiger partial charge < -0.3 is 24.9 Å². The lowest BCUT2D eigenvalue weighted by atomic mass is 10.0. The van der Waals surface area contributed by atoms with E-state index in [1.807, 2.05) is 26.0 Å². The molecule has 1 aromatic rings. The molecule has 3 atom stereocenters. The Hall–Kier alpha value is -3.43. The van der Waals surface area contributed by atoms with Gasteiger partial charge in [0.2, 0.25) is 17.7 Å². The van der Waals surface area contributed by atoms with E-state index in [0.29, 0.717) is 24.9 Å². The minimum absolute atomic E-state index is 0.0796. The van der Waals surface area contributed by atoms with Crippen molar-refractivity contribution in [2.45, 2.75) is 65.6 Å². The molecular weight excluding hydrogens is 486 g/mol. The average Bonchev–Trinajstić information content (AvgIpc) is 3.45. The van der Waals surface area contributed by atoms with Crippen molar-refractivity contribution < 1.29 is 24.0 Å². The van der Waals surface area contributed by atoms with Gasteiger partial charge in [-0.25, -0.2) is 0 Å². The van der Waals surface area contributed by atoms with Crippen molar-refractivity contribution in [1.29, 1.82) is 0 Å². The number of fused-ring (bicyclic) bond motifs is 1. The van der Waals surface area contributed by atoms with Gasteiger partial charge in [0.15, 0.2) is 5.78 Å². The van der Waals surface area contributed by atoms with Crippen molar-refractivity contribution in [3.63, 3.8) is 0 Å². The molecule has 3 rings (SSSR count). The Morgan fingerprint density at radius 3 is 2.24 bits per heavy atom. The predicted molar refractivity (Wildman–Crippen MR) is 145 cm³/mol. The Bertz CT molecular complexity index is 1050. The van der Waals surface area contributed by atoms with Crippen LogP contribution in [0.15, 0.2) is 24.3 Å². The van der Waals surface area contributed by atoms with Gasteiger partial charge in [0, 0.05) is 44.9 Å². The number of nitrogens with one attached hydrogen (secondary N) is 1. The van der Waals surface area contributed by atoms with Crippen LogP contribution < -0.4 is 10.2 Å². The van der Waals surface area contributed by atoms with Crippen LogP contribution in [0.2, 0.25) is 0 Å². The topological polar surface area (TPSA) is 110 Å². The first-order chi connectivity index (χ1) is 18.0. The van der Waals surface area contributed by atoms with Crippen molar-refractivity contribution in [2.75, 3.05) is 44.7 Å². The van der Waals surface area contributed by atoms with Crippen LogP contribution in [0.1, 0.15) is 57.8 Å². The summed E-state index contributed by atoms with van der Waals surface area (Å²) in [5, 5.41) is 2.91. The first kappa shape index (κ1) is 29.1. The van der Waals surface area contributed by atoms with E-state index in [-0.39, 0.29) is 48.4 Å². The van der Waals surface area contributed by atoms with Crippen molar-refractivity contribution in [3.8, 4) is 0 Å². The number of carbonyl (C=O) groups is 5. The maximum absolute atomic E-state index is 13.7. The highest BCUT2D eigenvalue weighted by atomic mass is 16.2. The molecule has 0 spiro atoms. The summed E-state index contributed by atoms with van der Waals surface area (Å²) in [7, 11) is 1.54. The van der Waals surface area contributed by atoms with Gasteiger partial charge in [0.05, 0.1) is 19.1 Å². The van der Waals surface area contributed by atoms with Crippen LogP contribution >= 0.6 is 0 Å². The molecule has 10 nitrogen and oxygen atoms in total. The van der Waals surface area contributed by atoms with Gasteiger partial charge in [0.1, 0.15) is 12.1 Å². The number of Topliss-reactive ketones (excluding diaryl/α,β-unsaturated/α-hetero) is 1. The molecule has 2 aliphatic heterocycles. The lowest BCUT2D eigenvalue weighted by molar-refractivity contribution is -0.139. The molecule has 0 aromatic heterocycles. The van der Waals surface area contributed by atoms with Crippen LogP contribution in [0.4, 0.5) is 5.69 Å². The monoisotopic (exact) mass is 527 g/mol. The largest absolute Gasteiger partial charge is 0.372 e. The van der Waals surface area contributed by atoms with Crippen LogP contribution in [0.3, 0.4) is 0 Å². The molecule has 3 unspecified atom stereocenters. The van der Waals surface area contributed by atoms with Crippen LogP contribution in [0.5, 0.6) is 0 Å². The van der Waals surface area contributed by atoms with E-state index in [9.17, 15) is 24.0 Å². The highest BCUT2D eigenvalue weighted by molar-refractivity contribution is 6.01. The highest BCUT2D eigenvalue weighted by Gasteiger charge is 2.52. The van der Waals surface area contributed by atoms with Gasteiger partial charge in [-0.3, -0.25) is 24.0 Å². The van der Waals surface area contributed by atoms with Crippen LogP contribution in [0.25, 0.3) is 0 Å². The zero-order valence-corrected chi connectivity index (χ0v) is 23.4. The molecule has 0 radical (unpaired) electrons. The average molecular weight is 528 g/mol. The molecule has 0 aliphatic carbocycles. The molecule has 2 aliphatic rings. The van der Waals surface area contributed by atoms with E-state index in [0.717, 1.165) is 18.8 Å². The lowest BCUT2D eigenvalue weighted by Gasteiger charge is -2.29. The second kappa shape index (κ2) is 12.4. The Morgan fingerprint density at radius 2 is 1.68 bits per heavy atom. The van der Waals surface area contributed by atoms with Gasteiger partial charge in [-0.1, -0.05) is 13.8 Å². The smallest absolute Gasteiger partial charge is 0.251 e. The summed E-state index contributed by atoms with van der Waals surface area (Å²) in [5.74, 6) is -1.25. The fraction of sp³-hybridized carbons (Fsp3) is 0.607. The molecule has 0 saturated carbocycles. The maximum atomic E-state index is 13.7. The number of ketones is 1. The third-order valence-corrected chi connectivity index (χ3v) is 7.50. The summed E-state index contributed by atoms with van der Waals surface area (Å²) < 4.78 is 0. The number of rotatable bonds is 10. The molecule has 208 valence electrons. The minimum Gasteiger partial charge on any atom is -0.372 e. The fourth-order valence-corrected chi connectivity index (χ4v) is 5.34. The highest BCUT2D eigenvalue weighted by Crippen LogP contribution is 2.31. The number of amides is 4. The normalized spacial score (nSPS) is 19.4. The number of carbonyl (C=O) groups excluding carboxylic acids is 5. The molecule has 0 bridgehead atoms. The Kier molecular flexibility index (Phi) is 9.51. The first-order valence-corrected chi connectivity index (χ1v) is 13.5. The van der Waals surface area contributed by atoms with E-state index in [1.54, 1.807) is 12.1 Å². The van der Waals surface area contributed by atoms with Crippen molar-refractivity contribution >= 4 is 35.1 Å². The van der Waals surface area contributed by atoms with Crippen molar-refractivity contribution in [2.24, 2.45) is 5.92 Å². The third kappa shape index (κ3) is 6.34. The van der Waals surface area contributed by atoms with Crippen LogP contribution in [0, 0.1) is 5.92 Å². The number of nitrogens with zero attached hydrogens (tertiary/aromatic N) is 4. The van der Waals surface area contributed by atoms with Crippen LogP contribution in [-0.2, 0) is 19.2 Å². The summed E-state index contributed by atoms with van der Waals surface area (Å²) in [5.41, 5.74) is 1.49. The number of hydrogen-bond donors (Lipinski definition) is 1. The molecule has 2 saturated heterocycles. The van der Waals surface area contributed by atoms with Crippen molar-refractivity contribution in [3.05, 3.63) is 29.8 Å². The summed E-state index contributed by atoms with van der Waals surface area (Å²) in [6.45, 7) is 11.3. The summed E-state index contributed by atoms with van der Waals surface area (Å²) in [6.07, 6.45) is 0.906. The zero-order valence-electron chi connectivity index (χ0n) is 23.4. The van der Waals surface area contributed by atoms with E-state index < -0.39 is 18.1 Å². The standard InChI is InChI=1S/C28H41N5O5/c1-7-31(8-2)21-11-9-20(10-12-21)27(37)29-22(15-18(3)4)28(38)32-14-13-23-26(32)24(35)16-33(23)25(36)17-30(6)19(5)34/h9-12,18,22-23,26H,7-8,13-17H2,1-6H3,(H,29,37). The van der Waals surface area contributed by atoms with Gasteiger partial charge in [-0.15, -0.1) is 0 Å². The zero-order chi connectivity index (χ0) is 28.1. The molecule has 10 heteroatoms. The maximum Gasteiger partial charge on any atom is 0.251 e. The van der Waals surface area contributed by atoms with Crippen molar-refractivity contribution in [1.82, 2.24) is 20.0 Å². The van der Waals surface area contributed by atoms with Gasteiger partial charge in [-0.05, 0) is 56.9 Å². The number of benzene rings is 1. The summed E-state index contributed by atoms with van der Waals surface area (Å²) >= 11 is 0. The Balaban J connectivity index is 1.73. The molecule has 2 heterocycles. The predicted octanol–water partition coefficient (Wildman–Crippen LogP) is 1.54. The first-order valence-electron chi connectivity index (χ1n) is 13.5. The number of likely N-dealkylation sites (N-methyl/N-ethyl adjacent to an activating group) is 1. The number of likely N-dealkylation sites (tertiary alicyclic amines) is 2. The summed E-state index contributed by atoms with van der Waals surface area (Å²) in [4.78, 5) is 70.7. The molecule has 2 fully saturated rings. The SMILES string of the molecule is CCN(CC)c1ccc(C(=O)NC(CC(C)C)C(=O)N2CCC3C2C(=O)CN3C(=O)CN(C)C(C)=O)cc1. The van der Waals surface area contributed by atoms with E-state index in [4.69, 9.17) is 0 Å². The van der Waals surface area contributed by atoms with E-state index >= 15 is 0 Å². The fourth-order valence-electron chi connectivity index (χ4n) is 5.34. The van der Waals surface area contributed by atoms with Gasteiger partial charge in [0.25, 0.3) is 5.91 Å². The molecule has 1 N–H and O–H groups in total. The lowest BCUT2D eigenvalue weighted by Crippen LogP contribution is -2.53. The Labute approximate surface area is 225 Å². The number of anilines is 1. The second-order valence-electron chi connectivity index (χ2n) is 10.6. The van der Waals surface area contributed by atoms with Gasteiger partial charge >= 0.3 is 0 Å². The molecule has 4 amide bonds. The number of hydrogen-bond acceptors (Lipinski definition) is 6. The molecule has 1 aromatic carbocycles. The third-order valence-electron chi connectivity index (χ3n) is 7.50. The molecule has 38 heavy (non-hydrogen) atoms. The Morgan fingerprint density at radius 1 is 1.05 bits per heavy atom. The van der Waals surface area contributed by atoms with Gasteiger partial charge in [-0.2, -0.15) is 0 Å². The minimum atomic E-state index is -0.787. The second-order valence-corrected chi connectivity index (χ2v) is 10.6. The quantitative estimate of drug-likeness (QED) is 0.494. The molecular formula is C28H41N5O5. The summed E-state index contributed by atoms with van der Waals surface area (Å²) in [6, 6.07) is 5.39. The van der Waals surface area contributed by atoms with Crippen LogP contribution in [-0.4, -0.2) is 102 Å². The van der Waals surface area contributed by atoms with E-state index in [1.165, 1.54) is 28.7 Å². The van der Waals surface area contributed by atoms with E-state index in [2.05, 4.69) is 24.1 Å².